The van der Waals surface area contributed by atoms with E-state index in [2.05, 4.69) is 35.8 Å². The number of carbonyl (C=O) groups excluding carboxylic acids is 1. The molecule has 0 aliphatic heterocycles. The Balaban J connectivity index is 1.61. The molecule has 0 aliphatic carbocycles. The highest BCUT2D eigenvalue weighted by molar-refractivity contribution is 5.98. The van der Waals surface area contributed by atoms with Gasteiger partial charge in [-0.1, -0.05) is 17.3 Å². The number of nitrogen functional groups attached to an aromatic ring is 1. The molecule has 14 heteroatoms. The van der Waals surface area contributed by atoms with Crippen LogP contribution in [-0.4, -0.2) is 44.0 Å². The molecule has 0 aliphatic rings. The van der Waals surface area contributed by atoms with Crippen molar-refractivity contribution in [1.82, 2.24) is 30.7 Å². The van der Waals surface area contributed by atoms with Crippen LogP contribution >= 0.6 is 0 Å². The number of nitrogens with zero attached hydrogens (tertiary/aromatic N) is 6. The molecule has 0 atom stereocenters. The van der Waals surface area contributed by atoms with Gasteiger partial charge < -0.3 is 10.5 Å². The quantitative estimate of drug-likeness (QED) is 0.299. The predicted octanol–water partition coefficient (Wildman–Crippen LogP) is 3.08. The summed E-state index contributed by atoms with van der Waals surface area (Å²) in [6.45, 7) is 2.32. The summed E-state index contributed by atoms with van der Waals surface area (Å²) in [5.41, 5.74) is 8.23. The Morgan fingerprint density at radius 3 is 2.49 bits per heavy atom. The molecule has 1 amide bonds. The van der Waals surface area contributed by atoms with Crippen LogP contribution < -0.4 is 15.9 Å². The van der Waals surface area contributed by atoms with Crippen LogP contribution in [0.5, 0.6) is 5.75 Å². The zero-order valence-electron chi connectivity index (χ0n) is 18.0. The van der Waals surface area contributed by atoms with Crippen LogP contribution in [0.3, 0.4) is 0 Å². The lowest BCUT2D eigenvalue weighted by Gasteiger charge is -2.08. The van der Waals surface area contributed by atoms with Gasteiger partial charge in [-0.15, -0.1) is 5.10 Å². The number of hydrogen-bond donors (Lipinski definition) is 2. The van der Waals surface area contributed by atoms with E-state index in [1.165, 1.54) is 23.0 Å². The van der Waals surface area contributed by atoms with Crippen LogP contribution in [0.1, 0.15) is 28.5 Å². The lowest BCUT2D eigenvalue weighted by atomic mass is 10.1. The smallest absolute Gasteiger partial charge is 0.416 e. The lowest BCUT2D eigenvalue weighted by molar-refractivity contribution is -0.137. The van der Waals surface area contributed by atoms with E-state index in [0.717, 1.165) is 12.1 Å². The predicted molar refractivity (Wildman–Crippen MR) is 117 cm³/mol. The van der Waals surface area contributed by atoms with Gasteiger partial charge >= 0.3 is 6.18 Å². The molecule has 0 spiro atoms. The fourth-order valence-electron chi connectivity index (χ4n) is 3.03. The molecular weight excluding hydrogens is 469 g/mol. The van der Waals surface area contributed by atoms with Crippen molar-refractivity contribution in [3.8, 4) is 22.8 Å². The summed E-state index contributed by atoms with van der Waals surface area (Å²) in [5.74, 6) is -0.175. The summed E-state index contributed by atoms with van der Waals surface area (Å²) in [6.07, 6.45) is -3.26. The van der Waals surface area contributed by atoms with Crippen LogP contribution in [0, 0.1) is 0 Å². The Morgan fingerprint density at radius 1 is 1.17 bits per heavy atom. The maximum absolute atomic E-state index is 12.8. The van der Waals surface area contributed by atoms with Gasteiger partial charge in [-0.25, -0.2) is 10.1 Å². The molecular formula is C21H17F3N8O3. The van der Waals surface area contributed by atoms with E-state index < -0.39 is 17.6 Å². The molecule has 4 aromatic rings. The average Bonchev–Trinajstić information content (AvgIpc) is 3.45. The van der Waals surface area contributed by atoms with Crippen molar-refractivity contribution in [1.29, 1.82) is 0 Å². The number of halogens is 3. The van der Waals surface area contributed by atoms with Crippen molar-refractivity contribution in [2.24, 2.45) is 5.10 Å². The van der Waals surface area contributed by atoms with Crippen LogP contribution in [0.2, 0.25) is 0 Å². The third-order valence-electron chi connectivity index (χ3n) is 4.64. The molecule has 180 valence electrons. The molecule has 2 aromatic carbocycles. The van der Waals surface area contributed by atoms with Crippen molar-refractivity contribution < 1.29 is 27.3 Å². The highest BCUT2D eigenvalue weighted by Gasteiger charge is 2.30. The number of anilines is 1. The first kappa shape index (κ1) is 23.4. The summed E-state index contributed by atoms with van der Waals surface area (Å²) >= 11 is 0. The van der Waals surface area contributed by atoms with Gasteiger partial charge in [-0.05, 0) is 59.2 Å². The van der Waals surface area contributed by atoms with Gasteiger partial charge in [0.05, 0.1) is 18.4 Å². The van der Waals surface area contributed by atoms with Gasteiger partial charge in [-0.2, -0.15) is 23.0 Å². The SMILES string of the molecule is CCOc1ccc(-c2c(C(=O)NN=Cc3ccc(C(F)(F)F)cc3)nnn2-c2nonc2N)cc1. The normalized spacial score (nSPS) is 11.7. The van der Waals surface area contributed by atoms with E-state index in [9.17, 15) is 18.0 Å². The second kappa shape index (κ2) is 9.62. The molecule has 11 nitrogen and oxygen atoms in total. The van der Waals surface area contributed by atoms with E-state index in [1.54, 1.807) is 24.3 Å². The van der Waals surface area contributed by atoms with Gasteiger partial charge in [0.2, 0.25) is 11.6 Å². The molecule has 0 saturated heterocycles. The Bertz CT molecular complexity index is 1350. The largest absolute Gasteiger partial charge is 0.494 e. The summed E-state index contributed by atoms with van der Waals surface area (Å²) < 4.78 is 49.4. The van der Waals surface area contributed by atoms with E-state index in [4.69, 9.17) is 10.5 Å². The zero-order valence-corrected chi connectivity index (χ0v) is 18.0. The first-order valence-electron chi connectivity index (χ1n) is 10.1. The van der Waals surface area contributed by atoms with Crippen LogP contribution in [0.15, 0.2) is 58.3 Å². The number of benzene rings is 2. The monoisotopic (exact) mass is 486 g/mol. The number of hydrazone groups is 1. The molecule has 2 aromatic heterocycles. The first-order chi connectivity index (χ1) is 16.8. The number of rotatable bonds is 7. The highest BCUT2D eigenvalue weighted by atomic mass is 19.4. The fourth-order valence-corrected chi connectivity index (χ4v) is 3.03. The Morgan fingerprint density at radius 2 is 1.89 bits per heavy atom. The Kier molecular flexibility index (Phi) is 6.44. The van der Waals surface area contributed by atoms with E-state index in [-0.39, 0.29) is 23.0 Å². The lowest BCUT2D eigenvalue weighted by Crippen LogP contribution is -2.19. The average molecular weight is 486 g/mol. The Hall–Kier alpha value is -4.75. The number of hydrogen-bond acceptors (Lipinski definition) is 9. The van der Waals surface area contributed by atoms with E-state index in [1.807, 2.05) is 6.92 Å². The second-order valence-corrected chi connectivity index (χ2v) is 6.95. The maximum Gasteiger partial charge on any atom is 0.416 e. The van der Waals surface area contributed by atoms with Crippen molar-refractivity contribution in [3.63, 3.8) is 0 Å². The van der Waals surface area contributed by atoms with Gasteiger partial charge in [0.1, 0.15) is 11.4 Å². The highest BCUT2D eigenvalue weighted by Crippen LogP contribution is 2.29. The third-order valence-corrected chi connectivity index (χ3v) is 4.64. The van der Waals surface area contributed by atoms with Gasteiger partial charge in [-0.3, -0.25) is 4.79 Å². The van der Waals surface area contributed by atoms with Crippen molar-refractivity contribution >= 4 is 17.9 Å². The standard InChI is InChI=1S/C21H17F3N8O3/c1-2-34-15-9-5-13(6-10-15)17-16(27-31-32(17)19-18(25)29-35-30-19)20(33)28-26-11-12-3-7-14(8-4-12)21(22,23)24/h3-11H,2H2,1H3,(H2,25,29)(H,28,33). The number of aromatic nitrogens is 5. The van der Waals surface area contributed by atoms with E-state index >= 15 is 0 Å². The maximum atomic E-state index is 12.8. The molecule has 0 unspecified atom stereocenters. The Labute approximate surface area is 195 Å². The molecule has 4 rings (SSSR count). The summed E-state index contributed by atoms with van der Waals surface area (Å²) in [7, 11) is 0. The van der Waals surface area contributed by atoms with Crippen molar-refractivity contribution in [2.75, 3.05) is 12.3 Å². The number of alkyl halides is 3. The number of ether oxygens (including phenoxy) is 1. The molecule has 0 bridgehead atoms. The minimum atomic E-state index is -4.45. The minimum absolute atomic E-state index is 0.0219. The number of nitrogens with one attached hydrogen (secondary N) is 1. The molecule has 35 heavy (non-hydrogen) atoms. The molecule has 3 N–H and O–H groups in total. The first-order valence-corrected chi connectivity index (χ1v) is 10.1. The van der Waals surface area contributed by atoms with E-state index in [0.29, 0.717) is 23.5 Å². The number of carbonyl (C=O) groups is 1. The topological polar surface area (TPSA) is 146 Å². The van der Waals surface area contributed by atoms with Gasteiger partial charge in [0.25, 0.3) is 5.91 Å². The summed E-state index contributed by atoms with van der Waals surface area (Å²) in [5, 5.41) is 18.9. The van der Waals surface area contributed by atoms with Crippen molar-refractivity contribution in [2.45, 2.75) is 13.1 Å². The van der Waals surface area contributed by atoms with Crippen LogP contribution in [0.4, 0.5) is 19.0 Å². The van der Waals surface area contributed by atoms with Crippen LogP contribution in [-0.2, 0) is 6.18 Å². The van der Waals surface area contributed by atoms with Gasteiger partial charge in [0.15, 0.2) is 5.69 Å². The third kappa shape index (κ3) is 5.10. The second-order valence-electron chi connectivity index (χ2n) is 6.95. The summed E-state index contributed by atoms with van der Waals surface area (Å²) in [4.78, 5) is 12.8. The summed E-state index contributed by atoms with van der Waals surface area (Å²) in [6, 6.07) is 11.0. The number of amides is 1. The molecule has 0 radical (unpaired) electrons. The number of nitrogens with two attached hydrogens (primary N) is 1. The molecule has 2 heterocycles. The molecule has 0 saturated carbocycles. The van der Waals surface area contributed by atoms with Crippen LogP contribution in [0.25, 0.3) is 17.1 Å². The minimum Gasteiger partial charge on any atom is -0.494 e. The van der Waals surface area contributed by atoms with Gasteiger partial charge in [0, 0.05) is 5.56 Å². The zero-order chi connectivity index (χ0) is 25.0. The molecule has 0 fully saturated rings. The van der Waals surface area contributed by atoms with Crippen molar-refractivity contribution in [3.05, 3.63) is 65.4 Å². The fraction of sp³-hybridized carbons (Fsp3) is 0.143.